The Balaban J connectivity index is 2.06. The van der Waals surface area contributed by atoms with Gasteiger partial charge in [0.15, 0.2) is 0 Å². The van der Waals surface area contributed by atoms with Crippen molar-refractivity contribution in [3.63, 3.8) is 0 Å². The summed E-state index contributed by atoms with van der Waals surface area (Å²) in [5.41, 5.74) is 4.28. The van der Waals surface area contributed by atoms with Crippen molar-refractivity contribution in [1.29, 1.82) is 0 Å². The van der Waals surface area contributed by atoms with Gasteiger partial charge in [-0.05, 0) is 30.3 Å². The molecule has 0 saturated carbocycles. The topological polar surface area (TPSA) is 91.2 Å². The Labute approximate surface area is 127 Å². The van der Waals surface area contributed by atoms with Crippen molar-refractivity contribution in [2.75, 3.05) is 18.6 Å². The third-order valence-corrected chi connectivity index (χ3v) is 2.77. The van der Waals surface area contributed by atoms with E-state index in [9.17, 15) is 4.79 Å². The molecule has 0 amide bonds. The van der Waals surface area contributed by atoms with Crippen LogP contribution < -0.4 is 10.2 Å². The Hall–Kier alpha value is -2.86. The van der Waals surface area contributed by atoms with Crippen molar-refractivity contribution >= 4 is 17.9 Å². The van der Waals surface area contributed by atoms with Crippen LogP contribution in [-0.2, 0) is 0 Å². The quantitative estimate of drug-likeness (QED) is 0.538. The molecule has 0 aliphatic rings. The van der Waals surface area contributed by atoms with Crippen molar-refractivity contribution in [3.8, 4) is 5.75 Å². The molecule has 3 N–H and O–H groups in total. The number of nitrogens with one attached hydrogen (secondary N) is 1. The number of carboxylic acids is 1. The summed E-state index contributed by atoms with van der Waals surface area (Å²) in [6.45, 7) is 0.143. The van der Waals surface area contributed by atoms with Crippen LogP contribution in [0.5, 0.6) is 5.75 Å². The number of benzene rings is 2. The number of aliphatic hydroxyl groups is 1. The summed E-state index contributed by atoms with van der Waals surface area (Å²) in [6.07, 6.45) is 1.57. The van der Waals surface area contributed by atoms with E-state index in [0.717, 1.165) is 5.56 Å². The van der Waals surface area contributed by atoms with E-state index in [1.54, 1.807) is 24.4 Å². The molecule has 0 fully saturated rings. The number of ether oxygens (including phenoxy) is 1. The zero-order valence-electron chi connectivity index (χ0n) is 11.8. The molecule has 0 heterocycles. The molecule has 0 bridgehead atoms. The van der Waals surface area contributed by atoms with Gasteiger partial charge < -0.3 is 14.9 Å². The number of aliphatic hydroxyl groups excluding tert-OH is 1. The van der Waals surface area contributed by atoms with Gasteiger partial charge in [0.05, 0.1) is 24.1 Å². The third-order valence-electron chi connectivity index (χ3n) is 2.77. The van der Waals surface area contributed by atoms with Crippen LogP contribution in [0.4, 0.5) is 5.69 Å². The molecule has 0 saturated heterocycles. The summed E-state index contributed by atoms with van der Waals surface area (Å²) in [5, 5.41) is 21.8. The van der Waals surface area contributed by atoms with E-state index in [-0.39, 0.29) is 18.8 Å². The van der Waals surface area contributed by atoms with Crippen molar-refractivity contribution in [2.45, 2.75) is 0 Å². The Kier molecular flexibility index (Phi) is 5.50. The molecule has 2 aromatic rings. The monoisotopic (exact) mass is 300 g/mol. The largest absolute Gasteiger partial charge is 0.491 e. The number of anilines is 1. The molecule has 22 heavy (non-hydrogen) atoms. The average molecular weight is 300 g/mol. The first-order chi connectivity index (χ1) is 10.7. The molecule has 114 valence electrons. The van der Waals surface area contributed by atoms with Gasteiger partial charge in [-0.3, -0.25) is 5.43 Å². The highest BCUT2D eigenvalue weighted by Gasteiger charge is 2.02. The van der Waals surface area contributed by atoms with Gasteiger partial charge in [0.1, 0.15) is 12.4 Å². The van der Waals surface area contributed by atoms with Crippen molar-refractivity contribution in [3.05, 3.63) is 59.7 Å². The summed E-state index contributed by atoms with van der Waals surface area (Å²) in [6, 6.07) is 13.6. The molecular formula is C16H16N2O4. The number of para-hydroxylation sites is 1. The summed E-state index contributed by atoms with van der Waals surface area (Å²) < 4.78 is 5.39. The lowest BCUT2D eigenvalue weighted by atomic mass is 10.2. The molecule has 0 atom stereocenters. The van der Waals surface area contributed by atoms with Crippen LogP contribution in [0.2, 0.25) is 0 Å². The van der Waals surface area contributed by atoms with Gasteiger partial charge >= 0.3 is 5.97 Å². The van der Waals surface area contributed by atoms with Gasteiger partial charge in [0, 0.05) is 5.56 Å². The van der Waals surface area contributed by atoms with Crippen LogP contribution in [0, 0.1) is 0 Å². The summed E-state index contributed by atoms with van der Waals surface area (Å²) in [4.78, 5) is 10.9. The number of hydrazone groups is 1. The SMILES string of the molecule is O=C(O)c1cccc(N/N=C/c2ccccc2OCCO)c1. The molecule has 0 spiro atoms. The summed E-state index contributed by atoms with van der Waals surface area (Å²) in [5.74, 6) is -0.378. The fourth-order valence-electron chi connectivity index (χ4n) is 1.77. The smallest absolute Gasteiger partial charge is 0.335 e. The van der Waals surface area contributed by atoms with E-state index in [4.69, 9.17) is 14.9 Å². The first kappa shape index (κ1) is 15.5. The number of hydrogen-bond donors (Lipinski definition) is 3. The number of aromatic carboxylic acids is 1. The molecule has 0 unspecified atom stereocenters. The van der Waals surface area contributed by atoms with Gasteiger partial charge in [-0.15, -0.1) is 0 Å². The Morgan fingerprint density at radius 3 is 2.82 bits per heavy atom. The zero-order chi connectivity index (χ0) is 15.8. The van der Waals surface area contributed by atoms with Crippen LogP contribution in [0.15, 0.2) is 53.6 Å². The van der Waals surface area contributed by atoms with Gasteiger partial charge in [-0.1, -0.05) is 18.2 Å². The highest BCUT2D eigenvalue weighted by atomic mass is 16.5. The van der Waals surface area contributed by atoms with Crippen LogP contribution in [-0.4, -0.2) is 35.6 Å². The minimum Gasteiger partial charge on any atom is -0.491 e. The van der Waals surface area contributed by atoms with Crippen molar-refractivity contribution in [2.24, 2.45) is 5.10 Å². The first-order valence-corrected chi connectivity index (χ1v) is 6.66. The van der Waals surface area contributed by atoms with Gasteiger partial charge in [-0.25, -0.2) is 4.79 Å². The average Bonchev–Trinajstić information content (AvgIpc) is 2.54. The fourth-order valence-corrected chi connectivity index (χ4v) is 1.77. The predicted octanol–water partition coefficient (Wildman–Crippen LogP) is 2.20. The van der Waals surface area contributed by atoms with Gasteiger partial charge in [0.25, 0.3) is 0 Å². The third kappa shape index (κ3) is 4.32. The molecule has 0 aliphatic carbocycles. The second kappa shape index (κ2) is 7.80. The molecule has 2 aromatic carbocycles. The van der Waals surface area contributed by atoms with E-state index < -0.39 is 5.97 Å². The maximum Gasteiger partial charge on any atom is 0.335 e. The highest BCUT2D eigenvalue weighted by Crippen LogP contribution is 2.16. The molecular weight excluding hydrogens is 284 g/mol. The lowest BCUT2D eigenvalue weighted by Gasteiger charge is -2.07. The Morgan fingerprint density at radius 1 is 1.23 bits per heavy atom. The van der Waals surface area contributed by atoms with E-state index in [0.29, 0.717) is 11.4 Å². The van der Waals surface area contributed by atoms with Gasteiger partial charge in [0.2, 0.25) is 0 Å². The summed E-state index contributed by atoms with van der Waals surface area (Å²) in [7, 11) is 0. The highest BCUT2D eigenvalue weighted by molar-refractivity contribution is 5.89. The predicted molar refractivity (Wildman–Crippen MR) is 83.6 cm³/mol. The standard InChI is InChI=1S/C16H16N2O4/c19-8-9-22-15-7-2-1-4-13(15)11-17-18-14-6-3-5-12(10-14)16(20)21/h1-7,10-11,18-19H,8-9H2,(H,20,21)/b17-11+. The molecule has 2 rings (SSSR count). The van der Waals surface area contributed by atoms with Crippen molar-refractivity contribution in [1.82, 2.24) is 0 Å². The number of nitrogens with zero attached hydrogens (tertiary/aromatic N) is 1. The second-order valence-corrected chi connectivity index (χ2v) is 4.37. The fraction of sp³-hybridized carbons (Fsp3) is 0.125. The van der Waals surface area contributed by atoms with Gasteiger partial charge in [-0.2, -0.15) is 5.10 Å². The molecule has 0 aliphatic heterocycles. The molecule has 6 nitrogen and oxygen atoms in total. The maximum atomic E-state index is 10.9. The van der Waals surface area contributed by atoms with Crippen molar-refractivity contribution < 1.29 is 19.7 Å². The van der Waals surface area contributed by atoms with E-state index in [2.05, 4.69) is 10.5 Å². The number of hydrogen-bond acceptors (Lipinski definition) is 5. The molecule has 0 radical (unpaired) electrons. The number of carboxylic acid groups (broad SMARTS) is 1. The molecule has 0 aromatic heterocycles. The zero-order valence-corrected chi connectivity index (χ0v) is 11.8. The van der Waals surface area contributed by atoms with Crippen LogP contribution >= 0.6 is 0 Å². The number of rotatable bonds is 7. The second-order valence-electron chi connectivity index (χ2n) is 4.37. The normalized spacial score (nSPS) is 10.6. The van der Waals surface area contributed by atoms with Crippen LogP contribution in [0.1, 0.15) is 15.9 Å². The Bertz CT molecular complexity index is 671. The maximum absolute atomic E-state index is 10.9. The first-order valence-electron chi connectivity index (χ1n) is 6.66. The van der Waals surface area contributed by atoms with Crippen LogP contribution in [0.3, 0.4) is 0 Å². The van der Waals surface area contributed by atoms with E-state index in [1.165, 1.54) is 12.1 Å². The minimum absolute atomic E-state index is 0.0638. The molecule has 6 heteroatoms. The van der Waals surface area contributed by atoms with E-state index in [1.807, 2.05) is 18.2 Å². The Morgan fingerprint density at radius 2 is 2.05 bits per heavy atom. The lowest BCUT2D eigenvalue weighted by Crippen LogP contribution is -2.04. The van der Waals surface area contributed by atoms with Crippen LogP contribution in [0.25, 0.3) is 0 Å². The number of carbonyl (C=O) groups is 1. The summed E-state index contributed by atoms with van der Waals surface area (Å²) >= 11 is 0. The lowest BCUT2D eigenvalue weighted by molar-refractivity contribution is 0.0697. The minimum atomic E-state index is -0.990. The van der Waals surface area contributed by atoms with E-state index >= 15 is 0 Å².